The molecule has 0 saturated carbocycles. The van der Waals surface area contributed by atoms with Crippen molar-refractivity contribution in [1.82, 2.24) is 0 Å². The van der Waals surface area contributed by atoms with Gasteiger partial charge in [-0.2, -0.15) is 0 Å². The Kier molecular flexibility index (Phi) is 12.0. The number of unbranched alkanes of at least 4 members (excludes halogenated alkanes) is 4. The first kappa shape index (κ1) is 24.0. The fourth-order valence-electron chi connectivity index (χ4n) is 2.72. The van der Waals surface area contributed by atoms with E-state index in [1.165, 1.54) is 24.2 Å². The minimum Gasteiger partial charge on any atom is -0.462 e. The molecule has 0 spiro atoms. The minimum absolute atomic E-state index is 0.00651. The summed E-state index contributed by atoms with van der Waals surface area (Å²) in [6.45, 7) is 7.72. The summed E-state index contributed by atoms with van der Waals surface area (Å²) in [6.07, 6.45) is 6.63. The molecule has 0 radical (unpaired) electrons. The van der Waals surface area contributed by atoms with Crippen molar-refractivity contribution in [3.63, 3.8) is 0 Å². The van der Waals surface area contributed by atoms with Crippen LogP contribution in [0.3, 0.4) is 0 Å². The van der Waals surface area contributed by atoms with Crippen LogP contribution in [0.25, 0.3) is 0 Å². The lowest BCUT2D eigenvalue weighted by atomic mass is 10.1. The van der Waals surface area contributed by atoms with Crippen LogP contribution in [0, 0.1) is 0 Å². The normalized spacial score (nSPS) is 10.6. The van der Waals surface area contributed by atoms with Gasteiger partial charge < -0.3 is 19.7 Å². The van der Waals surface area contributed by atoms with Gasteiger partial charge in [0.25, 0.3) is 5.91 Å². The second kappa shape index (κ2) is 14.0. The highest BCUT2D eigenvalue weighted by atomic mass is 16.5. The van der Waals surface area contributed by atoms with Crippen molar-refractivity contribution in [3.8, 4) is 0 Å². The smallest absolute Gasteiger partial charge is 0.340 e. The van der Waals surface area contributed by atoms with E-state index in [-0.39, 0.29) is 19.1 Å². The number of hydrogen-bond acceptors (Lipinski definition) is 5. The van der Waals surface area contributed by atoms with E-state index in [1.54, 1.807) is 20.0 Å². The topological polar surface area (TPSA) is 67.9 Å². The molecule has 1 aromatic rings. The Morgan fingerprint density at radius 1 is 1.04 bits per heavy atom. The summed E-state index contributed by atoms with van der Waals surface area (Å²) in [5.41, 5.74) is 1.79. The molecule has 0 aromatic heterocycles. The number of benzene rings is 1. The summed E-state index contributed by atoms with van der Waals surface area (Å²) in [4.78, 5) is 26.3. The van der Waals surface area contributed by atoms with Gasteiger partial charge in [0, 0.05) is 25.9 Å². The molecule has 158 valence electrons. The highest BCUT2D eigenvalue weighted by molar-refractivity contribution is 6.03. The fraction of sp³-hybridized carbons (Fsp3) is 0.636. The first-order valence-corrected chi connectivity index (χ1v) is 10.4. The van der Waals surface area contributed by atoms with Crippen LogP contribution in [0.15, 0.2) is 18.2 Å². The number of nitrogens with one attached hydrogen (secondary N) is 1. The van der Waals surface area contributed by atoms with Crippen LogP contribution >= 0.6 is 0 Å². The third kappa shape index (κ3) is 8.30. The molecule has 0 fully saturated rings. The third-order valence-corrected chi connectivity index (χ3v) is 4.46. The number of rotatable bonds is 14. The summed E-state index contributed by atoms with van der Waals surface area (Å²) in [5, 5.41) is 3.37. The van der Waals surface area contributed by atoms with E-state index in [4.69, 9.17) is 9.47 Å². The quantitative estimate of drug-likeness (QED) is 0.369. The number of amides is 1. The van der Waals surface area contributed by atoms with Gasteiger partial charge in [-0.25, -0.2) is 4.79 Å². The number of carbonyl (C=O) groups excluding carboxylic acids is 2. The molecule has 6 nitrogen and oxygen atoms in total. The van der Waals surface area contributed by atoms with Crippen molar-refractivity contribution in [2.45, 2.75) is 59.3 Å². The van der Waals surface area contributed by atoms with E-state index in [2.05, 4.69) is 19.2 Å². The number of ether oxygens (including phenoxy) is 2. The van der Waals surface area contributed by atoms with Crippen molar-refractivity contribution < 1.29 is 19.1 Å². The van der Waals surface area contributed by atoms with Crippen LogP contribution in [0.2, 0.25) is 0 Å². The molecule has 28 heavy (non-hydrogen) atoms. The molecule has 1 aromatic carbocycles. The zero-order valence-electron chi connectivity index (χ0n) is 17.9. The van der Waals surface area contributed by atoms with Crippen LogP contribution in [0.5, 0.6) is 0 Å². The monoisotopic (exact) mass is 392 g/mol. The lowest BCUT2D eigenvalue weighted by Crippen LogP contribution is -2.31. The van der Waals surface area contributed by atoms with Crippen molar-refractivity contribution in [2.24, 2.45) is 0 Å². The standard InChI is InChI=1S/C22H36N2O4/c1-5-8-10-11-14-23-18-12-13-19(22(26)28-7-3)20(16-18)24(4)21(25)17-27-15-9-6-2/h12-13,16,23H,5-11,14-15,17H2,1-4H3. The Hall–Kier alpha value is -2.08. The van der Waals surface area contributed by atoms with Crippen molar-refractivity contribution >= 4 is 23.3 Å². The predicted octanol–water partition coefficient (Wildman–Crippen LogP) is 4.64. The Bertz CT molecular complexity index is 604. The number of hydrogen-bond donors (Lipinski definition) is 1. The maximum absolute atomic E-state index is 12.5. The average molecular weight is 393 g/mol. The molecule has 0 saturated heterocycles. The summed E-state index contributed by atoms with van der Waals surface area (Å²) in [7, 11) is 1.66. The summed E-state index contributed by atoms with van der Waals surface area (Å²) in [6, 6.07) is 5.39. The molecule has 0 aliphatic rings. The van der Waals surface area contributed by atoms with Crippen LogP contribution in [-0.2, 0) is 14.3 Å². The number of carbonyl (C=O) groups is 2. The Labute approximate surface area is 169 Å². The van der Waals surface area contributed by atoms with E-state index < -0.39 is 5.97 Å². The zero-order chi connectivity index (χ0) is 20.8. The lowest BCUT2D eigenvalue weighted by molar-refractivity contribution is -0.122. The van der Waals surface area contributed by atoms with E-state index >= 15 is 0 Å². The van der Waals surface area contributed by atoms with Crippen LogP contribution in [0.1, 0.15) is 69.7 Å². The molecule has 0 atom stereocenters. The highest BCUT2D eigenvalue weighted by Gasteiger charge is 2.20. The Balaban J connectivity index is 2.87. The van der Waals surface area contributed by atoms with Gasteiger partial charge in [-0.1, -0.05) is 39.5 Å². The second-order valence-corrected chi connectivity index (χ2v) is 6.80. The minimum atomic E-state index is -0.432. The predicted molar refractivity (Wildman–Crippen MR) is 114 cm³/mol. The van der Waals surface area contributed by atoms with E-state index in [9.17, 15) is 9.59 Å². The van der Waals surface area contributed by atoms with Crippen molar-refractivity contribution in [2.75, 3.05) is 43.6 Å². The van der Waals surface area contributed by atoms with Crippen molar-refractivity contribution in [1.29, 1.82) is 0 Å². The average Bonchev–Trinajstić information content (AvgIpc) is 2.70. The van der Waals surface area contributed by atoms with Crippen LogP contribution < -0.4 is 10.2 Å². The first-order valence-electron chi connectivity index (χ1n) is 10.4. The van der Waals surface area contributed by atoms with Gasteiger partial charge in [-0.3, -0.25) is 4.79 Å². The van der Waals surface area contributed by atoms with Gasteiger partial charge in [-0.15, -0.1) is 0 Å². The Morgan fingerprint density at radius 3 is 2.46 bits per heavy atom. The van der Waals surface area contributed by atoms with Crippen LogP contribution in [-0.4, -0.2) is 45.3 Å². The van der Waals surface area contributed by atoms with E-state index in [0.29, 0.717) is 17.9 Å². The van der Waals surface area contributed by atoms with Crippen LogP contribution in [0.4, 0.5) is 11.4 Å². The molecule has 6 heteroatoms. The van der Waals surface area contributed by atoms with E-state index in [0.717, 1.165) is 31.5 Å². The molecule has 1 rings (SSSR count). The number of likely N-dealkylation sites (N-methyl/N-ethyl adjacent to an activating group) is 1. The first-order chi connectivity index (χ1) is 13.5. The number of esters is 1. The van der Waals surface area contributed by atoms with Crippen molar-refractivity contribution in [3.05, 3.63) is 23.8 Å². The molecular formula is C22H36N2O4. The van der Waals surface area contributed by atoms with Gasteiger partial charge in [0.15, 0.2) is 0 Å². The summed E-state index contributed by atoms with van der Waals surface area (Å²) >= 11 is 0. The zero-order valence-corrected chi connectivity index (χ0v) is 17.9. The molecule has 0 heterocycles. The number of nitrogens with zero attached hydrogens (tertiary/aromatic N) is 1. The molecule has 0 aliphatic carbocycles. The third-order valence-electron chi connectivity index (χ3n) is 4.46. The van der Waals surface area contributed by atoms with E-state index in [1.807, 2.05) is 12.1 Å². The molecule has 0 bridgehead atoms. The SMILES string of the molecule is CCCCCCNc1ccc(C(=O)OCC)c(N(C)C(=O)COCCCC)c1. The summed E-state index contributed by atoms with van der Waals surface area (Å²) in [5.74, 6) is -0.625. The fourth-order valence-corrected chi connectivity index (χ4v) is 2.72. The van der Waals surface area contributed by atoms with Gasteiger partial charge in [0.2, 0.25) is 0 Å². The highest BCUT2D eigenvalue weighted by Crippen LogP contribution is 2.25. The molecular weight excluding hydrogens is 356 g/mol. The molecule has 0 unspecified atom stereocenters. The molecule has 0 aliphatic heterocycles. The molecule has 1 N–H and O–H groups in total. The van der Waals surface area contributed by atoms with Gasteiger partial charge in [0.05, 0.1) is 17.9 Å². The van der Waals surface area contributed by atoms with Gasteiger partial charge in [-0.05, 0) is 38.0 Å². The number of anilines is 2. The summed E-state index contributed by atoms with van der Waals surface area (Å²) < 4.78 is 10.6. The second-order valence-electron chi connectivity index (χ2n) is 6.80. The van der Waals surface area contributed by atoms with Gasteiger partial charge in [0.1, 0.15) is 6.61 Å². The Morgan fingerprint density at radius 2 is 1.79 bits per heavy atom. The lowest BCUT2D eigenvalue weighted by Gasteiger charge is -2.21. The maximum Gasteiger partial charge on any atom is 0.340 e. The largest absolute Gasteiger partial charge is 0.462 e. The molecule has 1 amide bonds. The maximum atomic E-state index is 12.5. The van der Waals surface area contributed by atoms with Gasteiger partial charge >= 0.3 is 5.97 Å².